The minimum atomic E-state index is -0.513. The zero-order valence-electron chi connectivity index (χ0n) is 11.6. The number of benzene rings is 2. The van der Waals surface area contributed by atoms with Gasteiger partial charge in [-0.1, -0.05) is 12.1 Å². The molecule has 2 aromatic carbocycles. The number of nitrogens with zero attached hydrogens (tertiary/aromatic N) is 2. The number of carbonyl (C=O) groups excluding carboxylic acids is 1. The Bertz CT molecular complexity index is 713. The molecule has 0 fully saturated rings. The topological polar surface area (TPSA) is 83.7 Å². The Hall–Kier alpha value is -2.89. The van der Waals surface area contributed by atoms with Gasteiger partial charge in [0.1, 0.15) is 5.75 Å². The van der Waals surface area contributed by atoms with E-state index < -0.39 is 4.92 Å². The van der Waals surface area contributed by atoms with Crippen LogP contribution in [0.1, 0.15) is 15.9 Å². The first-order chi connectivity index (χ1) is 9.90. The van der Waals surface area contributed by atoms with Gasteiger partial charge in [-0.15, -0.1) is 0 Å². The highest BCUT2D eigenvalue weighted by Crippen LogP contribution is 2.23. The van der Waals surface area contributed by atoms with Crippen molar-refractivity contribution in [3.63, 3.8) is 0 Å². The first-order valence-corrected chi connectivity index (χ1v) is 6.22. The minimum absolute atomic E-state index is 0.0436. The molecule has 21 heavy (non-hydrogen) atoms. The summed E-state index contributed by atoms with van der Waals surface area (Å²) < 4.78 is 0. The molecule has 0 spiro atoms. The van der Waals surface area contributed by atoms with Gasteiger partial charge in [0, 0.05) is 36.0 Å². The van der Waals surface area contributed by atoms with E-state index in [2.05, 4.69) is 0 Å². The van der Waals surface area contributed by atoms with Crippen LogP contribution in [0.2, 0.25) is 0 Å². The van der Waals surface area contributed by atoms with Crippen LogP contribution in [0.5, 0.6) is 5.75 Å². The quantitative estimate of drug-likeness (QED) is 0.694. The summed E-state index contributed by atoms with van der Waals surface area (Å²) >= 11 is 0. The van der Waals surface area contributed by atoms with Gasteiger partial charge in [-0.2, -0.15) is 0 Å². The Morgan fingerprint density at radius 2 is 1.95 bits per heavy atom. The van der Waals surface area contributed by atoms with E-state index in [1.54, 1.807) is 38.2 Å². The van der Waals surface area contributed by atoms with Crippen molar-refractivity contribution >= 4 is 17.3 Å². The summed E-state index contributed by atoms with van der Waals surface area (Å²) in [6.45, 7) is 1.62. The molecule has 0 bridgehead atoms. The van der Waals surface area contributed by atoms with E-state index in [0.29, 0.717) is 11.3 Å². The first kappa shape index (κ1) is 14.5. The summed E-state index contributed by atoms with van der Waals surface area (Å²) in [6, 6.07) is 10.6. The van der Waals surface area contributed by atoms with Crippen LogP contribution in [0.3, 0.4) is 0 Å². The van der Waals surface area contributed by atoms with E-state index in [0.717, 1.165) is 0 Å². The van der Waals surface area contributed by atoms with Crippen LogP contribution in [0.15, 0.2) is 42.5 Å². The predicted molar refractivity (Wildman–Crippen MR) is 78.7 cm³/mol. The second-order valence-electron chi connectivity index (χ2n) is 4.64. The Morgan fingerprint density at radius 3 is 2.57 bits per heavy atom. The SMILES string of the molecule is Cc1ccc(C(=O)N(C)c2cccc(O)c2)cc1[N+](=O)[O-]. The lowest BCUT2D eigenvalue weighted by Crippen LogP contribution is -2.26. The molecule has 1 N–H and O–H groups in total. The molecular formula is C15H14N2O4. The second-order valence-corrected chi connectivity index (χ2v) is 4.64. The lowest BCUT2D eigenvalue weighted by molar-refractivity contribution is -0.385. The zero-order chi connectivity index (χ0) is 15.6. The van der Waals surface area contributed by atoms with Crippen molar-refractivity contribution in [1.82, 2.24) is 0 Å². The number of aromatic hydroxyl groups is 1. The number of amides is 1. The molecule has 0 saturated carbocycles. The molecule has 0 unspecified atom stereocenters. The van der Waals surface area contributed by atoms with Crippen LogP contribution in [0, 0.1) is 17.0 Å². The number of aryl methyl sites for hydroxylation is 1. The molecule has 0 saturated heterocycles. The van der Waals surface area contributed by atoms with Gasteiger partial charge in [-0.05, 0) is 25.1 Å². The van der Waals surface area contributed by atoms with Crippen molar-refractivity contribution in [2.75, 3.05) is 11.9 Å². The Labute approximate surface area is 121 Å². The van der Waals surface area contributed by atoms with Gasteiger partial charge in [0.2, 0.25) is 0 Å². The number of phenolic OH excluding ortho intramolecular Hbond substituents is 1. The van der Waals surface area contributed by atoms with Crippen molar-refractivity contribution in [1.29, 1.82) is 0 Å². The van der Waals surface area contributed by atoms with Crippen LogP contribution in [-0.2, 0) is 0 Å². The smallest absolute Gasteiger partial charge is 0.273 e. The van der Waals surface area contributed by atoms with Crippen molar-refractivity contribution in [2.24, 2.45) is 0 Å². The van der Waals surface area contributed by atoms with Crippen molar-refractivity contribution in [3.05, 3.63) is 63.7 Å². The molecule has 0 aliphatic carbocycles. The Kier molecular flexibility index (Phi) is 3.89. The summed E-state index contributed by atoms with van der Waals surface area (Å²) in [5, 5.41) is 20.4. The lowest BCUT2D eigenvalue weighted by Gasteiger charge is -2.17. The van der Waals surface area contributed by atoms with E-state index in [1.807, 2.05) is 0 Å². The molecule has 0 aliphatic heterocycles. The van der Waals surface area contributed by atoms with Gasteiger partial charge in [-0.25, -0.2) is 0 Å². The monoisotopic (exact) mass is 286 g/mol. The van der Waals surface area contributed by atoms with Gasteiger partial charge in [0.05, 0.1) is 4.92 Å². The fraction of sp³-hybridized carbons (Fsp3) is 0.133. The van der Waals surface area contributed by atoms with E-state index in [-0.39, 0.29) is 22.9 Å². The van der Waals surface area contributed by atoms with E-state index in [9.17, 15) is 20.0 Å². The molecular weight excluding hydrogens is 272 g/mol. The molecule has 6 heteroatoms. The number of hydrogen-bond donors (Lipinski definition) is 1. The van der Waals surface area contributed by atoms with E-state index in [1.165, 1.54) is 23.1 Å². The molecule has 0 atom stereocenters. The number of nitro benzene ring substituents is 1. The van der Waals surface area contributed by atoms with Gasteiger partial charge in [0.25, 0.3) is 11.6 Å². The highest BCUT2D eigenvalue weighted by molar-refractivity contribution is 6.06. The summed E-state index contributed by atoms with van der Waals surface area (Å²) in [6.07, 6.45) is 0. The molecule has 0 aliphatic rings. The summed E-state index contributed by atoms with van der Waals surface area (Å²) in [5.74, 6) is -0.342. The van der Waals surface area contributed by atoms with Crippen LogP contribution >= 0.6 is 0 Å². The number of phenols is 1. The first-order valence-electron chi connectivity index (χ1n) is 6.22. The third-order valence-corrected chi connectivity index (χ3v) is 3.17. The normalized spacial score (nSPS) is 10.2. The van der Waals surface area contributed by atoms with E-state index >= 15 is 0 Å². The molecule has 2 rings (SSSR count). The van der Waals surface area contributed by atoms with Gasteiger partial charge in [-0.3, -0.25) is 14.9 Å². The largest absolute Gasteiger partial charge is 0.508 e. The maximum absolute atomic E-state index is 12.4. The predicted octanol–water partition coefficient (Wildman–Crippen LogP) is 2.89. The van der Waals surface area contributed by atoms with Crippen LogP contribution in [0.4, 0.5) is 11.4 Å². The number of nitro groups is 1. The number of anilines is 1. The maximum atomic E-state index is 12.4. The van der Waals surface area contributed by atoms with Crippen LogP contribution in [0.25, 0.3) is 0 Å². The standard InChI is InChI=1S/C15H14N2O4/c1-10-6-7-11(8-14(10)17(20)21)15(19)16(2)12-4-3-5-13(18)9-12/h3-9,18H,1-2H3. The second kappa shape index (κ2) is 5.62. The maximum Gasteiger partial charge on any atom is 0.273 e. The van der Waals surface area contributed by atoms with Crippen LogP contribution < -0.4 is 4.90 Å². The minimum Gasteiger partial charge on any atom is -0.508 e. The summed E-state index contributed by atoms with van der Waals surface area (Å²) in [5.41, 5.74) is 1.13. The summed E-state index contributed by atoms with van der Waals surface area (Å²) in [4.78, 5) is 24.1. The Balaban J connectivity index is 2.36. The fourth-order valence-corrected chi connectivity index (χ4v) is 1.95. The van der Waals surface area contributed by atoms with Crippen molar-refractivity contribution in [3.8, 4) is 5.75 Å². The average molecular weight is 286 g/mol. The average Bonchev–Trinajstić information content (AvgIpc) is 2.46. The fourth-order valence-electron chi connectivity index (χ4n) is 1.95. The molecule has 0 aromatic heterocycles. The Morgan fingerprint density at radius 1 is 1.24 bits per heavy atom. The third-order valence-electron chi connectivity index (χ3n) is 3.17. The van der Waals surface area contributed by atoms with E-state index in [4.69, 9.17) is 0 Å². The highest BCUT2D eigenvalue weighted by Gasteiger charge is 2.18. The van der Waals surface area contributed by atoms with Gasteiger partial charge in [0.15, 0.2) is 0 Å². The zero-order valence-corrected chi connectivity index (χ0v) is 11.6. The third kappa shape index (κ3) is 3.00. The lowest BCUT2D eigenvalue weighted by atomic mass is 10.1. The molecule has 2 aromatic rings. The number of carbonyl (C=O) groups is 1. The number of hydrogen-bond acceptors (Lipinski definition) is 4. The molecule has 6 nitrogen and oxygen atoms in total. The molecule has 0 heterocycles. The van der Waals surface area contributed by atoms with Gasteiger partial charge < -0.3 is 10.0 Å². The van der Waals surface area contributed by atoms with Crippen molar-refractivity contribution < 1.29 is 14.8 Å². The molecule has 0 radical (unpaired) electrons. The number of rotatable bonds is 3. The molecule has 108 valence electrons. The molecule has 1 amide bonds. The van der Waals surface area contributed by atoms with Crippen LogP contribution in [-0.4, -0.2) is 23.0 Å². The van der Waals surface area contributed by atoms with Gasteiger partial charge >= 0.3 is 0 Å². The highest BCUT2D eigenvalue weighted by atomic mass is 16.6. The van der Waals surface area contributed by atoms with Crippen molar-refractivity contribution in [2.45, 2.75) is 6.92 Å². The summed E-state index contributed by atoms with van der Waals surface area (Å²) in [7, 11) is 1.54.